The highest BCUT2D eigenvalue weighted by atomic mass is 16.1. The fourth-order valence-corrected chi connectivity index (χ4v) is 4.04. The van der Waals surface area contributed by atoms with Gasteiger partial charge in [-0.05, 0) is 30.7 Å². The number of carbonyl (C=O) groups is 1. The first kappa shape index (κ1) is 14.1. The predicted molar refractivity (Wildman–Crippen MR) is 82.6 cm³/mol. The largest absolute Gasteiger partial charge is 0.308 e. The van der Waals surface area contributed by atoms with Crippen LogP contribution in [0.15, 0.2) is 18.0 Å². The van der Waals surface area contributed by atoms with Crippen LogP contribution in [-0.4, -0.2) is 15.6 Å². The Kier molecular flexibility index (Phi) is 3.44. The number of allylic oxidation sites excluding steroid dienone is 2. The summed E-state index contributed by atoms with van der Waals surface area (Å²) in [5.41, 5.74) is 2.34. The molecule has 0 N–H and O–H groups in total. The van der Waals surface area contributed by atoms with Gasteiger partial charge in [0, 0.05) is 25.9 Å². The molecule has 0 saturated carbocycles. The van der Waals surface area contributed by atoms with Crippen molar-refractivity contribution in [3.63, 3.8) is 0 Å². The number of hydrogen-bond donors (Lipinski definition) is 0. The molecule has 3 rings (SSSR count). The summed E-state index contributed by atoms with van der Waals surface area (Å²) in [4.78, 5) is 15.9. The molecule has 112 valence electrons. The lowest BCUT2D eigenvalue weighted by Gasteiger charge is -2.45. The number of hydrogen-bond acceptors (Lipinski definition) is 2. The molecular formula is C17H23N3O. The molecule has 0 bridgehead atoms. The molecule has 0 saturated heterocycles. The van der Waals surface area contributed by atoms with Gasteiger partial charge in [0.15, 0.2) is 5.78 Å². The Hall–Kier alpha value is -1.89. The Bertz CT molecular complexity index is 655. The Labute approximate surface area is 128 Å². The van der Waals surface area contributed by atoms with E-state index in [1.54, 1.807) is 0 Å². The van der Waals surface area contributed by atoms with Crippen LogP contribution in [0.25, 0.3) is 4.85 Å². The van der Waals surface area contributed by atoms with Gasteiger partial charge in [-0.3, -0.25) is 4.68 Å². The Balaban J connectivity index is 0.000000847. The predicted octanol–water partition coefficient (Wildman–Crippen LogP) is 3.29. The van der Waals surface area contributed by atoms with Crippen molar-refractivity contribution in [2.45, 2.75) is 45.9 Å². The van der Waals surface area contributed by atoms with Gasteiger partial charge in [-0.2, -0.15) is 5.10 Å². The van der Waals surface area contributed by atoms with Gasteiger partial charge in [-0.25, -0.2) is 4.85 Å². The number of rotatable bonds is 1. The molecule has 4 nitrogen and oxygen atoms in total. The maximum Gasteiger partial charge on any atom is 0.226 e. The van der Waals surface area contributed by atoms with E-state index in [9.17, 15) is 4.79 Å². The van der Waals surface area contributed by atoms with Gasteiger partial charge in [0.25, 0.3) is 0 Å². The van der Waals surface area contributed by atoms with Gasteiger partial charge >= 0.3 is 0 Å². The molecule has 0 amide bonds. The van der Waals surface area contributed by atoms with Crippen molar-refractivity contribution < 1.29 is 6.17 Å². The Morgan fingerprint density at radius 2 is 2.38 bits per heavy atom. The maximum atomic E-state index is 12.4. The van der Waals surface area contributed by atoms with Crippen molar-refractivity contribution in [3.05, 3.63) is 40.6 Å². The van der Waals surface area contributed by atoms with Crippen LogP contribution in [0, 0.1) is 18.4 Å². The average Bonchev–Trinajstić information content (AvgIpc) is 2.91. The number of carbonyl (C=O) groups excluding carboxylic acids is 1. The Morgan fingerprint density at radius 1 is 1.67 bits per heavy atom. The molecule has 0 fully saturated rings. The monoisotopic (exact) mass is 287 g/mol. The average molecular weight is 287 g/mol. The molecule has 0 spiro atoms. The molecule has 4 heteroatoms. The highest BCUT2D eigenvalue weighted by Gasteiger charge is 2.50. The van der Waals surface area contributed by atoms with E-state index in [1.165, 1.54) is 13.0 Å². The van der Waals surface area contributed by atoms with Crippen LogP contribution in [-0.2, 0) is 23.7 Å². The van der Waals surface area contributed by atoms with Crippen molar-refractivity contribution in [1.82, 2.24) is 9.78 Å². The second-order valence-electron chi connectivity index (χ2n) is 6.12. The highest BCUT2D eigenvalue weighted by Crippen LogP contribution is 2.50. The van der Waals surface area contributed by atoms with Crippen molar-refractivity contribution in [2.75, 3.05) is 0 Å². The first-order valence-corrected chi connectivity index (χ1v) is 7.18. The number of ketones is 1. The molecule has 0 radical (unpaired) electrons. The summed E-state index contributed by atoms with van der Waals surface area (Å²) in [7, 11) is 3.18. The van der Waals surface area contributed by atoms with E-state index in [-0.39, 0.29) is 23.0 Å². The topological polar surface area (TPSA) is 39.2 Å². The van der Waals surface area contributed by atoms with Crippen LogP contribution in [0.2, 0.25) is 0 Å². The molecule has 1 aromatic heterocycles. The van der Waals surface area contributed by atoms with E-state index in [2.05, 4.69) is 23.1 Å². The molecule has 0 aromatic carbocycles. The van der Waals surface area contributed by atoms with Crippen molar-refractivity contribution in [3.8, 4) is 0 Å². The number of nitrogens with zero attached hydrogens (tertiary/aromatic N) is 3. The molecule has 3 atom stereocenters. The SMILES string of the molecule is [3H]C.[C-]#[N+]C1=C[C@]2(C)c3nn(C)cc3CC[C@H]2[C@H](CC)C1=O. The first-order chi connectivity index (χ1) is 10.5. The van der Waals surface area contributed by atoms with E-state index < -0.39 is 0 Å². The van der Waals surface area contributed by atoms with Crippen LogP contribution in [0.3, 0.4) is 0 Å². The fourth-order valence-electron chi connectivity index (χ4n) is 4.04. The third kappa shape index (κ3) is 2.03. The maximum absolute atomic E-state index is 12.4. The standard InChI is InChI=1S/C16H19N3O.CH4/c1-5-11-12-7-6-10-9-19(4)18-15(10)16(12,2)8-13(17-3)14(11)20;/h8-9,11-12H,5-7H2,1-2,4H3;1H4/t11-,12-,16-;/m0./s1/i;1T. The molecular weight excluding hydrogens is 262 g/mol. The van der Waals surface area contributed by atoms with Crippen molar-refractivity contribution >= 4 is 5.78 Å². The van der Waals surface area contributed by atoms with Gasteiger partial charge in [0.05, 0.1) is 12.3 Å². The first-order valence-electron chi connectivity index (χ1n) is 8.18. The van der Waals surface area contributed by atoms with Crippen LogP contribution < -0.4 is 0 Å². The van der Waals surface area contributed by atoms with E-state index >= 15 is 0 Å². The molecule has 2 aliphatic rings. The summed E-state index contributed by atoms with van der Waals surface area (Å²) in [5.74, 6) is 0.265. The van der Waals surface area contributed by atoms with E-state index in [1.807, 2.05) is 24.7 Å². The van der Waals surface area contributed by atoms with Crippen LogP contribution in [0.5, 0.6) is 0 Å². The minimum absolute atomic E-state index is 0.0318. The van der Waals surface area contributed by atoms with E-state index in [0.29, 0.717) is 5.70 Å². The molecule has 0 aliphatic heterocycles. The second-order valence-corrected chi connectivity index (χ2v) is 6.12. The minimum Gasteiger partial charge on any atom is -0.308 e. The summed E-state index contributed by atoms with van der Waals surface area (Å²) in [5, 5.41) is 4.63. The van der Waals surface area contributed by atoms with E-state index in [4.69, 9.17) is 7.94 Å². The number of aryl methyl sites for hydroxylation is 2. The van der Waals surface area contributed by atoms with E-state index in [0.717, 1.165) is 25.0 Å². The molecule has 21 heavy (non-hydrogen) atoms. The summed E-state index contributed by atoms with van der Waals surface area (Å²) in [6.45, 7) is 11.5. The van der Waals surface area contributed by atoms with Crippen LogP contribution >= 0.6 is 0 Å². The summed E-state index contributed by atoms with van der Waals surface area (Å²) in [6.07, 6.45) is 6.73. The zero-order valence-corrected chi connectivity index (χ0v) is 13.2. The molecule has 2 aliphatic carbocycles. The summed E-state index contributed by atoms with van der Waals surface area (Å²) >= 11 is 0. The lowest BCUT2D eigenvalue weighted by atomic mass is 9.58. The Morgan fingerprint density at radius 3 is 3.00 bits per heavy atom. The zero-order valence-electron chi connectivity index (χ0n) is 14.2. The second kappa shape index (κ2) is 5.14. The summed E-state index contributed by atoms with van der Waals surface area (Å²) < 4.78 is 7.60. The van der Waals surface area contributed by atoms with Gasteiger partial charge < -0.3 is 4.79 Å². The normalized spacial score (nSPS) is 30.9. The van der Waals surface area contributed by atoms with Crippen LogP contribution in [0.1, 0.15) is 46.7 Å². The number of aromatic nitrogens is 2. The highest BCUT2D eigenvalue weighted by molar-refractivity contribution is 6.00. The third-order valence-electron chi connectivity index (χ3n) is 4.98. The van der Waals surface area contributed by atoms with Crippen molar-refractivity contribution in [1.29, 1.82) is 0 Å². The quantitative estimate of drug-likeness (QED) is 0.744. The zero-order chi connectivity index (χ0) is 16.5. The van der Waals surface area contributed by atoms with Gasteiger partial charge in [0.2, 0.25) is 5.70 Å². The van der Waals surface area contributed by atoms with Gasteiger partial charge in [-0.1, -0.05) is 27.3 Å². The number of fused-ring (bicyclic) bond motifs is 3. The molecule has 0 unspecified atom stereocenters. The summed E-state index contributed by atoms with van der Waals surface area (Å²) in [6, 6.07) is 0. The lowest BCUT2D eigenvalue weighted by Crippen LogP contribution is -2.46. The molecule has 1 aromatic rings. The van der Waals surface area contributed by atoms with Crippen molar-refractivity contribution in [2.24, 2.45) is 18.9 Å². The third-order valence-corrected chi connectivity index (χ3v) is 4.98. The minimum atomic E-state index is -0.274. The molecule has 1 heterocycles. The smallest absolute Gasteiger partial charge is 0.226 e. The number of Topliss-reactive ketones (excluding diaryl/α,β-unsaturated/α-hetero) is 1. The fraction of sp³-hybridized carbons (Fsp3) is 0.588. The lowest BCUT2D eigenvalue weighted by molar-refractivity contribution is -0.122. The van der Waals surface area contributed by atoms with Gasteiger partial charge in [0.1, 0.15) is 0 Å². The van der Waals surface area contributed by atoms with Crippen LogP contribution in [0.4, 0.5) is 0 Å². The van der Waals surface area contributed by atoms with Gasteiger partial charge in [-0.15, -0.1) is 0 Å².